The second-order valence-electron chi connectivity index (χ2n) is 5.52. The van der Waals surface area contributed by atoms with Crippen molar-refractivity contribution in [1.82, 2.24) is 10.3 Å². The first-order valence-electron chi connectivity index (χ1n) is 6.09. The Bertz CT molecular complexity index is 519. The van der Waals surface area contributed by atoms with E-state index in [1.165, 1.54) is 11.3 Å². The minimum Gasteiger partial charge on any atom is -0.342 e. The van der Waals surface area contributed by atoms with Crippen LogP contribution in [0.15, 0.2) is 0 Å². The molecule has 96 valence electrons. The van der Waals surface area contributed by atoms with Gasteiger partial charge in [-0.2, -0.15) is 5.26 Å². The van der Waals surface area contributed by atoms with Crippen LogP contribution in [0.2, 0.25) is 5.15 Å². The molecule has 18 heavy (non-hydrogen) atoms. The summed E-state index contributed by atoms with van der Waals surface area (Å²) in [5.74, 6) is 1.32. The van der Waals surface area contributed by atoms with Gasteiger partial charge in [0.05, 0.1) is 0 Å². The van der Waals surface area contributed by atoms with Crippen LogP contribution in [-0.4, -0.2) is 30.2 Å². The number of rotatable bonds is 1. The van der Waals surface area contributed by atoms with Gasteiger partial charge in [-0.3, -0.25) is 0 Å². The van der Waals surface area contributed by atoms with E-state index in [1.807, 2.05) is 0 Å². The summed E-state index contributed by atoms with van der Waals surface area (Å²) in [6, 6.07) is 2.10. The zero-order valence-corrected chi connectivity index (χ0v) is 12.0. The lowest BCUT2D eigenvalue weighted by Gasteiger charge is -2.35. The van der Waals surface area contributed by atoms with E-state index in [-0.39, 0.29) is 5.54 Å². The van der Waals surface area contributed by atoms with Gasteiger partial charge in [-0.15, -0.1) is 0 Å². The molecule has 3 rings (SSSR count). The van der Waals surface area contributed by atoms with E-state index in [1.54, 1.807) is 0 Å². The fraction of sp³-hybridized carbons (Fsp3) is 0.667. The predicted molar refractivity (Wildman–Crippen MR) is 73.1 cm³/mol. The molecular formula is C12H15ClN4S. The van der Waals surface area contributed by atoms with E-state index in [2.05, 4.69) is 35.1 Å². The highest BCUT2D eigenvalue weighted by molar-refractivity contribution is 7.16. The molecule has 2 atom stereocenters. The van der Waals surface area contributed by atoms with Gasteiger partial charge in [0.1, 0.15) is 10.9 Å². The van der Waals surface area contributed by atoms with Gasteiger partial charge in [-0.25, -0.2) is 4.98 Å². The molecule has 0 bridgehead atoms. The molecule has 0 aromatic carbocycles. The Morgan fingerprint density at radius 1 is 1.56 bits per heavy atom. The van der Waals surface area contributed by atoms with Gasteiger partial charge in [0.15, 0.2) is 10.3 Å². The summed E-state index contributed by atoms with van der Waals surface area (Å²) >= 11 is 7.37. The molecule has 2 aliphatic heterocycles. The van der Waals surface area contributed by atoms with Gasteiger partial charge in [-0.05, 0) is 25.7 Å². The van der Waals surface area contributed by atoms with Crippen molar-refractivity contribution in [3.8, 4) is 6.07 Å². The predicted octanol–water partition coefficient (Wildman–Crippen LogP) is 2.10. The topological polar surface area (TPSA) is 52.0 Å². The Morgan fingerprint density at radius 3 is 2.94 bits per heavy atom. The van der Waals surface area contributed by atoms with Gasteiger partial charge in [-0.1, -0.05) is 22.9 Å². The fourth-order valence-corrected chi connectivity index (χ4v) is 4.42. The summed E-state index contributed by atoms with van der Waals surface area (Å²) < 4.78 is 0. The zero-order valence-electron chi connectivity index (χ0n) is 10.4. The maximum atomic E-state index is 8.97. The molecule has 0 spiro atoms. The van der Waals surface area contributed by atoms with E-state index >= 15 is 0 Å². The van der Waals surface area contributed by atoms with Crippen molar-refractivity contribution in [2.45, 2.75) is 19.4 Å². The van der Waals surface area contributed by atoms with Crippen molar-refractivity contribution >= 4 is 28.1 Å². The van der Waals surface area contributed by atoms with Crippen LogP contribution in [0, 0.1) is 23.2 Å². The van der Waals surface area contributed by atoms with Gasteiger partial charge < -0.3 is 10.2 Å². The van der Waals surface area contributed by atoms with E-state index in [9.17, 15) is 0 Å². The summed E-state index contributed by atoms with van der Waals surface area (Å²) in [6.45, 7) is 7.66. The van der Waals surface area contributed by atoms with Crippen molar-refractivity contribution in [1.29, 1.82) is 5.26 Å². The number of thiazole rings is 1. The van der Waals surface area contributed by atoms with E-state index in [0.717, 1.165) is 24.8 Å². The first-order chi connectivity index (χ1) is 8.54. The second kappa shape index (κ2) is 4.09. The van der Waals surface area contributed by atoms with Crippen LogP contribution in [0.1, 0.15) is 18.7 Å². The van der Waals surface area contributed by atoms with Crippen LogP contribution in [0.4, 0.5) is 5.13 Å². The number of nitrogens with one attached hydrogen (secondary N) is 1. The molecule has 0 amide bonds. The summed E-state index contributed by atoms with van der Waals surface area (Å²) in [5.41, 5.74) is 0.0715. The van der Waals surface area contributed by atoms with Crippen molar-refractivity contribution in [2.24, 2.45) is 11.8 Å². The maximum Gasteiger partial charge on any atom is 0.188 e. The molecule has 2 aliphatic rings. The Hall–Kier alpha value is -0.830. The maximum absolute atomic E-state index is 8.97. The molecule has 4 nitrogen and oxygen atoms in total. The van der Waals surface area contributed by atoms with Gasteiger partial charge >= 0.3 is 0 Å². The van der Waals surface area contributed by atoms with Crippen LogP contribution >= 0.6 is 22.9 Å². The first kappa shape index (κ1) is 12.2. The standard InChI is InChI=1S/C12H15ClN4S/c1-12(2)8-5-15-4-7(8)6-17(12)11-16-10(13)9(3-14)18-11/h7-8,15H,4-6H2,1-2H3. The summed E-state index contributed by atoms with van der Waals surface area (Å²) in [6.07, 6.45) is 0. The zero-order chi connectivity index (χ0) is 12.9. The van der Waals surface area contributed by atoms with Crippen molar-refractivity contribution in [3.05, 3.63) is 10.0 Å². The molecular weight excluding hydrogens is 268 g/mol. The largest absolute Gasteiger partial charge is 0.342 e. The molecule has 2 fully saturated rings. The highest BCUT2D eigenvalue weighted by atomic mass is 35.5. The Morgan fingerprint density at radius 2 is 2.33 bits per heavy atom. The Kier molecular flexibility index (Phi) is 2.77. The highest BCUT2D eigenvalue weighted by Crippen LogP contribution is 2.45. The minimum absolute atomic E-state index is 0.0715. The first-order valence-corrected chi connectivity index (χ1v) is 7.28. The van der Waals surface area contributed by atoms with Crippen molar-refractivity contribution in [3.63, 3.8) is 0 Å². The molecule has 2 saturated heterocycles. The average molecular weight is 283 g/mol. The van der Waals surface area contributed by atoms with Crippen LogP contribution in [0.5, 0.6) is 0 Å². The molecule has 0 radical (unpaired) electrons. The third-order valence-electron chi connectivity index (χ3n) is 4.27. The van der Waals surface area contributed by atoms with Crippen LogP contribution < -0.4 is 10.2 Å². The molecule has 6 heteroatoms. The third kappa shape index (κ3) is 1.63. The van der Waals surface area contributed by atoms with Crippen LogP contribution in [-0.2, 0) is 0 Å². The number of aromatic nitrogens is 1. The molecule has 1 aromatic rings. The highest BCUT2D eigenvalue weighted by Gasteiger charge is 2.50. The molecule has 2 unspecified atom stereocenters. The number of nitriles is 1. The van der Waals surface area contributed by atoms with Gasteiger partial charge in [0.2, 0.25) is 0 Å². The van der Waals surface area contributed by atoms with E-state index < -0.39 is 0 Å². The lowest BCUT2D eigenvalue weighted by atomic mass is 9.85. The average Bonchev–Trinajstić information content (AvgIpc) is 2.95. The molecule has 1 N–H and O–H groups in total. The monoisotopic (exact) mass is 282 g/mol. The lowest BCUT2D eigenvalue weighted by Crippen LogP contribution is -2.44. The number of fused-ring (bicyclic) bond motifs is 1. The molecule has 0 aliphatic carbocycles. The second-order valence-corrected chi connectivity index (χ2v) is 6.85. The Balaban J connectivity index is 1.95. The SMILES string of the molecule is CC1(C)C2CNCC2CN1c1nc(Cl)c(C#N)s1. The lowest BCUT2D eigenvalue weighted by molar-refractivity contribution is 0.357. The summed E-state index contributed by atoms with van der Waals surface area (Å²) in [7, 11) is 0. The number of anilines is 1. The molecule has 0 saturated carbocycles. The molecule has 1 aromatic heterocycles. The van der Waals surface area contributed by atoms with E-state index in [0.29, 0.717) is 21.9 Å². The smallest absolute Gasteiger partial charge is 0.188 e. The number of halogens is 1. The van der Waals surface area contributed by atoms with Crippen LogP contribution in [0.3, 0.4) is 0 Å². The number of hydrogen-bond donors (Lipinski definition) is 1. The number of hydrogen-bond acceptors (Lipinski definition) is 5. The quantitative estimate of drug-likeness (QED) is 0.857. The molecule has 3 heterocycles. The normalized spacial score (nSPS) is 29.3. The minimum atomic E-state index is 0.0715. The van der Waals surface area contributed by atoms with Gasteiger partial charge in [0.25, 0.3) is 0 Å². The fourth-order valence-electron chi connectivity index (χ4n) is 3.22. The Labute approximate surface area is 116 Å². The van der Waals surface area contributed by atoms with Gasteiger partial charge in [0, 0.05) is 25.2 Å². The third-order valence-corrected chi connectivity index (χ3v) is 5.64. The van der Waals surface area contributed by atoms with Crippen molar-refractivity contribution in [2.75, 3.05) is 24.5 Å². The van der Waals surface area contributed by atoms with E-state index in [4.69, 9.17) is 16.9 Å². The summed E-state index contributed by atoms with van der Waals surface area (Å²) in [4.78, 5) is 7.19. The van der Waals surface area contributed by atoms with Crippen LogP contribution in [0.25, 0.3) is 0 Å². The number of nitrogens with zero attached hydrogens (tertiary/aromatic N) is 3. The summed E-state index contributed by atoms with van der Waals surface area (Å²) in [5, 5.41) is 13.7. The van der Waals surface area contributed by atoms with Crippen molar-refractivity contribution < 1.29 is 0 Å².